The summed E-state index contributed by atoms with van der Waals surface area (Å²) in [6.45, 7) is 0. The number of methoxy groups -OCH3 is 5. The van der Waals surface area contributed by atoms with E-state index in [1.165, 1.54) is 40.2 Å². The number of esters is 2. The van der Waals surface area contributed by atoms with Crippen molar-refractivity contribution < 1.29 is 33.3 Å². The third-order valence-corrected chi connectivity index (χ3v) is 4.61. The summed E-state index contributed by atoms with van der Waals surface area (Å²) >= 11 is 0. The van der Waals surface area contributed by atoms with Crippen molar-refractivity contribution >= 4 is 11.9 Å². The third kappa shape index (κ3) is 3.77. The van der Waals surface area contributed by atoms with Crippen LogP contribution in [-0.4, -0.2) is 57.3 Å². The molecule has 0 unspecified atom stereocenters. The Bertz CT molecular complexity index is 1110. The van der Waals surface area contributed by atoms with Crippen molar-refractivity contribution in [2.75, 3.05) is 35.5 Å². The molecule has 0 radical (unpaired) electrons. The molecule has 9 heteroatoms. The van der Waals surface area contributed by atoms with Crippen LogP contribution in [0, 0.1) is 0 Å². The molecule has 1 heterocycles. The minimum absolute atomic E-state index is 0.0660. The molecule has 0 saturated carbocycles. The van der Waals surface area contributed by atoms with Gasteiger partial charge in [-0.25, -0.2) is 14.3 Å². The van der Waals surface area contributed by atoms with Crippen molar-refractivity contribution in [3.05, 3.63) is 53.7 Å². The molecule has 9 nitrogen and oxygen atoms in total. The van der Waals surface area contributed by atoms with Crippen LogP contribution in [-0.2, 0) is 9.47 Å². The quantitative estimate of drug-likeness (QED) is 0.532. The van der Waals surface area contributed by atoms with Gasteiger partial charge in [0, 0.05) is 5.56 Å². The lowest BCUT2D eigenvalue weighted by Crippen LogP contribution is -2.15. The maximum absolute atomic E-state index is 12.8. The van der Waals surface area contributed by atoms with Gasteiger partial charge >= 0.3 is 11.9 Å². The van der Waals surface area contributed by atoms with Crippen LogP contribution in [0.4, 0.5) is 0 Å². The van der Waals surface area contributed by atoms with E-state index >= 15 is 0 Å². The van der Waals surface area contributed by atoms with Gasteiger partial charge in [0.05, 0.1) is 41.2 Å². The summed E-state index contributed by atoms with van der Waals surface area (Å²) in [6, 6.07) is 12.2. The Morgan fingerprint density at radius 1 is 0.774 bits per heavy atom. The molecule has 0 atom stereocenters. The highest BCUT2D eigenvalue weighted by molar-refractivity contribution is 6.07. The summed E-state index contributed by atoms with van der Waals surface area (Å²) in [5.74, 6) is -0.483. The van der Waals surface area contributed by atoms with Gasteiger partial charge in [-0.1, -0.05) is 18.2 Å². The lowest BCUT2D eigenvalue weighted by atomic mass is 10.0. The second-order valence-corrected chi connectivity index (χ2v) is 6.18. The minimum Gasteiger partial charge on any atom is -0.493 e. The van der Waals surface area contributed by atoms with Gasteiger partial charge in [0.25, 0.3) is 0 Å². The fourth-order valence-electron chi connectivity index (χ4n) is 3.23. The van der Waals surface area contributed by atoms with Gasteiger partial charge in [-0.15, -0.1) is 0 Å². The SMILES string of the molecule is COC(=O)c1c(-c2ccc(OC)c(OC)c2OC)nn(-c2ccccc2)c1C(=O)OC. The van der Waals surface area contributed by atoms with E-state index in [0.717, 1.165) is 0 Å². The van der Waals surface area contributed by atoms with E-state index in [9.17, 15) is 9.59 Å². The molecule has 0 bridgehead atoms. The molecular weight excluding hydrogens is 404 g/mol. The molecular formula is C22H22N2O7. The van der Waals surface area contributed by atoms with E-state index in [2.05, 4.69) is 5.10 Å². The molecule has 0 N–H and O–H groups in total. The van der Waals surface area contributed by atoms with Crippen molar-refractivity contribution in [3.63, 3.8) is 0 Å². The number of nitrogens with zero attached hydrogens (tertiary/aromatic N) is 2. The summed E-state index contributed by atoms with van der Waals surface area (Å²) in [5.41, 5.74) is 0.976. The molecule has 162 valence electrons. The normalized spacial score (nSPS) is 10.4. The summed E-state index contributed by atoms with van der Waals surface area (Å²) in [6.07, 6.45) is 0. The molecule has 2 aromatic carbocycles. The maximum atomic E-state index is 12.8. The minimum atomic E-state index is -0.755. The van der Waals surface area contributed by atoms with Crippen LogP contribution in [0.3, 0.4) is 0 Å². The summed E-state index contributed by atoms with van der Waals surface area (Å²) in [7, 11) is 6.86. The van der Waals surface area contributed by atoms with E-state index < -0.39 is 11.9 Å². The van der Waals surface area contributed by atoms with Gasteiger partial charge in [-0.2, -0.15) is 5.10 Å². The Labute approximate surface area is 179 Å². The molecule has 0 aliphatic rings. The maximum Gasteiger partial charge on any atom is 0.357 e. The van der Waals surface area contributed by atoms with Gasteiger partial charge in [0.1, 0.15) is 11.3 Å². The summed E-state index contributed by atoms with van der Waals surface area (Å²) < 4.78 is 27.6. The fourth-order valence-corrected chi connectivity index (χ4v) is 3.23. The first-order valence-electron chi connectivity index (χ1n) is 9.16. The first-order valence-corrected chi connectivity index (χ1v) is 9.16. The molecule has 0 saturated heterocycles. The van der Waals surface area contributed by atoms with Gasteiger partial charge in [-0.05, 0) is 24.3 Å². The topological polar surface area (TPSA) is 98.1 Å². The lowest BCUT2D eigenvalue weighted by Gasteiger charge is -2.15. The highest BCUT2D eigenvalue weighted by Gasteiger charge is 2.33. The number of para-hydroxylation sites is 1. The van der Waals surface area contributed by atoms with E-state index in [1.54, 1.807) is 36.4 Å². The summed E-state index contributed by atoms with van der Waals surface area (Å²) in [5, 5.41) is 4.57. The second-order valence-electron chi connectivity index (χ2n) is 6.18. The van der Waals surface area contributed by atoms with Crippen LogP contribution < -0.4 is 14.2 Å². The standard InChI is InChI=1S/C22H22N2O7/c1-27-15-12-11-14(19(28-2)20(15)29-3)17-16(21(25)30-4)18(22(26)31-5)24(23-17)13-9-7-6-8-10-13/h6-12H,1-5H3. The van der Waals surface area contributed by atoms with Crippen LogP contribution in [0.1, 0.15) is 20.8 Å². The molecule has 0 aliphatic carbocycles. The number of aromatic nitrogens is 2. The van der Waals surface area contributed by atoms with E-state index in [0.29, 0.717) is 22.7 Å². The molecule has 0 spiro atoms. The molecule has 0 aliphatic heterocycles. The van der Waals surface area contributed by atoms with Crippen LogP contribution in [0.15, 0.2) is 42.5 Å². The third-order valence-electron chi connectivity index (χ3n) is 4.61. The molecule has 0 fully saturated rings. The zero-order valence-corrected chi connectivity index (χ0v) is 17.8. The Morgan fingerprint density at radius 2 is 1.42 bits per heavy atom. The van der Waals surface area contributed by atoms with Crippen LogP contribution in [0.25, 0.3) is 16.9 Å². The van der Waals surface area contributed by atoms with Gasteiger partial charge in [0.2, 0.25) is 5.75 Å². The smallest absolute Gasteiger partial charge is 0.357 e. The monoisotopic (exact) mass is 426 g/mol. The Balaban J connectivity index is 2.42. The first kappa shape index (κ1) is 21.7. The number of rotatable bonds is 7. The van der Waals surface area contributed by atoms with Crippen molar-refractivity contribution in [3.8, 4) is 34.2 Å². The molecule has 3 aromatic rings. The van der Waals surface area contributed by atoms with E-state index in [1.807, 2.05) is 6.07 Å². The van der Waals surface area contributed by atoms with Crippen LogP contribution in [0.2, 0.25) is 0 Å². The number of carbonyl (C=O) groups is 2. The van der Waals surface area contributed by atoms with Crippen LogP contribution >= 0.6 is 0 Å². The fraction of sp³-hybridized carbons (Fsp3) is 0.227. The Morgan fingerprint density at radius 3 is 1.97 bits per heavy atom. The number of ether oxygens (including phenoxy) is 5. The average Bonchev–Trinajstić information content (AvgIpc) is 3.22. The predicted molar refractivity (Wildman–Crippen MR) is 111 cm³/mol. The van der Waals surface area contributed by atoms with Gasteiger partial charge in [0.15, 0.2) is 17.2 Å². The largest absolute Gasteiger partial charge is 0.493 e. The van der Waals surface area contributed by atoms with Gasteiger partial charge < -0.3 is 23.7 Å². The lowest BCUT2D eigenvalue weighted by molar-refractivity contribution is 0.0549. The van der Waals surface area contributed by atoms with Crippen molar-refractivity contribution in [2.45, 2.75) is 0 Å². The number of hydrogen-bond donors (Lipinski definition) is 0. The zero-order valence-electron chi connectivity index (χ0n) is 17.8. The van der Waals surface area contributed by atoms with Crippen molar-refractivity contribution in [1.29, 1.82) is 0 Å². The molecule has 31 heavy (non-hydrogen) atoms. The van der Waals surface area contributed by atoms with Gasteiger partial charge in [-0.3, -0.25) is 0 Å². The molecule has 0 amide bonds. The average molecular weight is 426 g/mol. The molecule has 1 aromatic heterocycles. The number of carbonyl (C=O) groups excluding carboxylic acids is 2. The first-order chi connectivity index (χ1) is 15.0. The Kier molecular flexibility index (Phi) is 6.44. The van der Waals surface area contributed by atoms with E-state index in [4.69, 9.17) is 23.7 Å². The van der Waals surface area contributed by atoms with Crippen molar-refractivity contribution in [1.82, 2.24) is 9.78 Å². The molecule has 3 rings (SSSR count). The second kappa shape index (κ2) is 9.21. The highest BCUT2D eigenvalue weighted by Crippen LogP contribution is 2.45. The van der Waals surface area contributed by atoms with E-state index in [-0.39, 0.29) is 22.7 Å². The number of benzene rings is 2. The highest BCUT2D eigenvalue weighted by atomic mass is 16.5. The van der Waals surface area contributed by atoms with Crippen LogP contribution in [0.5, 0.6) is 17.2 Å². The Hall–Kier alpha value is -4.01. The van der Waals surface area contributed by atoms with Crippen molar-refractivity contribution in [2.24, 2.45) is 0 Å². The predicted octanol–water partition coefficient (Wildman–Crippen LogP) is 3.14. The zero-order chi connectivity index (χ0) is 22.5. The number of hydrogen-bond acceptors (Lipinski definition) is 8. The summed E-state index contributed by atoms with van der Waals surface area (Å²) in [4.78, 5) is 25.5.